The van der Waals surface area contributed by atoms with Crippen molar-refractivity contribution in [2.45, 2.75) is 38.5 Å². The molecule has 0 aliphatic carbocycles. The number of carbonyl (C=O) groups is 3. The van der Waals surface area contributed by atoms with Crippen LogP contribution in [-0.4, -0.2) is 44.9 Å². The molecule has 190 valence electrons. The fourth-order valence-electron chi connectivity index (χ4n) is 3.27. The maximum Gasteiger partial charge on any atom is 0.338 e. The summed E-state index contributed by atoms with van der Waals surface area (Å²) in [6.07, 6.45) is 0. The van der Waals surface area contributed by atoms with Crippen LogP contribution in [-0.2, 0) is 16.1 Å². The van der Waals surface area contributed by atoms with Crippen molar-refractivity contribution in [3.05, 3.63) is 69.5 Å². The number of carbonyl (C=O) groups excluding carboxylic acids is 3. The predicted molar refractivity (Wildman–Crippen MR) is 140 cm³/mol. The predicted octanol–water partition coefficient (Wildman–Crippen LogP) is 5.00. The monoisotopic (exact) mass is 549 g/mol. The van der Waals surface area contributed by atoms with Crippen LogP contribution in [0.25, 0.3) is 0 Å². The number of amides is 2. The van der Waals surface area contributed by atoms with Crippen LogP contribution in [0.2, 0.25) is 10.0 Å². The first kappa shape index (κ1) is 27.5. The summed E-state index contributed by atoms with van der Waals surface area (Å²) >= 11 is 13.3. The lowest BCUT2D eigenvalue weighted by atomic mass is 10.2. The third-order valence-corrected chi connectivity index (χ3v) is 6.50. The SMILES string of the molecule is CCOC(=O)c1ccc(NC(=O)CSc2nnc([C@H](C)NC(=O)c3ccc(Cl)cc3Cl)n2CC)cc1. The molecule has 0 aliphatic rings. The molecule has 2 amide bonds. The Morgan fingerprint density at radius 3 is 2.44 bits per heavy atom. The van der Waals surface area contributed by atoms with Crippen molar-refractivity contribution >= 4 is 58.4 Å². The van der Waals surface area contributed by atoms with Gasteiger partial charge in [-0.15, -0.1) is 10.2 Å². The average Bonchev–Trinajstić information content (AvgIpc) is 3.26. The van der Waals surface area contributed by atoms with E-state index < -0.39 is 12.0 Å². The molecule has 36 heavy (non-hydrogen) atoms. The number of nitrogens with one attached hydrogen (secondary N) is 2. The van der Waals surface area contributed by atoms with E-state index in [9.17, 15) is 14.4 Å². The minimum atomic E-state index is -0.460. The van der Waals surface area contributed by atoms with Crippen molar-refractivity contribution < 1.29 is 19.1 Å². The zero-order valence-corrected chi connectivity index (χ0v) is 22.2. The van der Waals surface area contributed by atoms with Gasteiger partial charge in [0.15, 0.2) is 11.0 Å². The van der Waals surface area contributed by atoms with Gasteiger partial charge in [-0.25, -0.2) is 4.79 Å². The topological polar surface area (TPSA) is 115 Å². The molecule has 3 rings (SSSR count). The summed E-state index contributed by atoms with van der Waals surface area (Å²) in [7, 11) is 0. The zero-order chi connectivity index (χ0) is 26.2. The van der Waals surface area contributed by atoms with Gasteiger partial charge in [0, 0.05) is 17.3 Å². The number of aromatic nitrogens is 3. The summed E-state index contributed by atoms with van der Waals surface area (Å²) in [6.45, 7) is 6.29. The van der Waals surface area contributed by atoms with E-state index in [1.807, 2.05) is 11.5 Å². The molecule has 1 aromatic heterocycles. The molecule has 2 N–H and O–H groups in total. The van der Waals surface area contributed by atoms with Crippen LogP contribution in [0.3, 0.4) is 0 Å². The highest BCUT2D eigenvalue weighted by Gasteiger charge is 2.21. The molecule has 1 heterocycles. The molecule has 0 aliphatic heterocycles. The summed E-state index contributed by atoms with van der Waals surface area (Å²) < 4.78 is 6.79. The highest BCUT2D eigenvalue weighted by molar-refractivity contribution is 7.99. The molecule has 12 heteroatoms. The van der Waals surface area contributed by atoms with Gasteiger partial charge in [-0.2, -0.15) is 0 Å². The molecule has 0 spiro atoms. The molecule has 0 radical (unpaired) electrons. The molecule has 0 saturated heterocycles. The van der Waals surface area contributed by atoms with Crippen molar-refractivity contribution in [3.8, 4) is 0 Å². The van der Waals surface area contributed by atoms with E-state index in [1.165, 1.54) is 17.8 Å². The van der Waals surface area contributed by atoms with Gasteiger partial charge < -0.3 is 19.9 Å². The standard InChI is InChI=1S/C24H25Cl2N5O4S/c1-4-31-21(14(3)27-22(33)18-11-8-16(25)12-19(18)26)29-30-24(31)36-13-20(32)28-17-9-6-15(7-10-17)23(34)35-5-2/h6-12,14H,4-5,13H2,1-3H3,(H,27,33)(H,28,32)/t14-/m0/s1. The quantitative estimate of drug-likeness (QED) is 0.270. The maximum atomic E-state index is 12.7. The first-order valence-corrected chi connectivity index (χ1v) is 12.9. The van der Waals surface area contributed by atoms with Crippen LogP contribution in [0.1, 0.15) is 53.4 Å². The number of hydrogen-bond donors (Lipinski definition) is 2. The second-order valence-corrected chi connectivity index (χ2v) is 9.33. The fourth-order valence-corrected chi connectivity index (χ4v) is 4.57. The van der Waals surface area contributed by atoms with Gasteiger partial charge >= 0.3 is 5.97 Å². The van der Waals surface area contributed by atoms with Gasteiger partial charge in [0.25, 0.3) is 5.91 Å². The van der Waals surface area contributed by atoms with E-state index in [0.717, 1.165) is 0 Å². The van der Waals surface area contributed by atoms with Crippen LogP contribution in [0.4, 0.5) is 5.69 Å². The van der Waals surface area contributed by atoms with E-state index in [1.54, 1.807) is 50.2 Å². The first-order chi connectivity index (χ1) is 17.2. The number of benzene rings is 2. The van der Waals surface area contributed by atoms with Crippen molar-refractivity contribution in [2.24, 2.45) is 0 Å². The van der Waals surface area contributed by atoms with Crippen LogP contribution in [0.5, 0.6) is 0 Å². The number of nitrogens with zero attached hydrogens (tertiary/aromatic N) is 3. The van der Waals surface area contributed by atoms with Gasteiger partial charge in [-0.05, 0) is 63.2 Å². The number of hydrogen-bond acceptors (Lipinski definition) is 7. The smallest absolute Gasteiger partial charge is 0.338 e. The molecule has 0 unspecified atom stereocenters. The fraction of sp³-hybridized carbons (Fsp3) is 0.292. The Balaban J connectivity index is 1.59. The van der Waals surface area contributed by atoms with Gasteiger partial charge in [0.2, 0.25) is 5.91 Å². The number of rotatable bonds is 10. The summed E-state index contributed by atoms with van der Waals surface area (Å²) in [4.78, 5) is 36.9. The summed E-state index contributed by atoms with van der Waals surface area (Å²) in [5.41, 5.74) is 1.27. The molecule has 3 aromatic rings. The van der Waals surface area contributed by atoms with E-state index in [4.69, 9.17) is 27.9 Å². The highest BCUT2D eigenvalue weighted by Crippen LogP contribution is 2.24. The third-order valence-electron chi connectivity index (χ3n) is 4.98. The van der Waals surface area contributed by atoms with E-state index in [2.05, 4.69) is 20.8 Å². The lowest BCUT2D eigenvalue weighted by molar-refractivity contribution is -0.113. The Morgan fingerprint density at radius 2 is 1.81 bits per heavy atom. The number of esters is 1. The summed E-state index contributed by atoms with van der Waals surface area (Å²) in [6, 6.07) is 10.7. The number of halogens is 2. The summed E-state index contributed by atoms with van der Waals surface area (Å²) in [5, 5.41) is 15.3. The molecule has 0 bridgehead atoms. The Hall–Kier alpha value is -3.08. The maximum absolute atomic E-state index is 12.7. The Labute approximate surface area is 222 Å². The van der Waals surface area contributed by atoms with Gasteiger partial charge in [-0.3, -0.25) is 9.59 Å². The van der Waals surface area contributed by atoms with Crippen LogP contribution in [0, 0.1) is 0 Å². The molecular formula is C24H25Cl2N5O4S. The average molecular weight is 550 g/mol. The number of anilines is 1. The van der Waals surface area contributed by atoms with Crippen LogP contribution in [0.15, 0.2) is 47.6 Å². The van der Waals surface area contributed by atoms with Crippen molar-refractivity contribution in [1.29, 1.82) is 0 Å². The van der Waals surface area contributed by atoms with E-state index >= 15 is 0 Å². The third kappa shape index (κ3) is 6.99. The van der Waals surface area contributed by atoms with Gasteiger partial charge in [-0.1, -0.05) is 35.0 Å². The molecule has 1 atom stereocenters. The molecule has 9 nitrogen and oxygen atoms in total. The molecule has 2 aromatic carbocycles. The van der Waals surface area contributed by atoms with Crippen LogP contribution >= 0.6 is 35.0 Å². The van der Waals surface area contributed by atoms with Crippen LogP contribution < -0.4 is 10.6 Å². The molecule has 0 fully saturated rings. The minimum Gasteiger partial charge on any atom is -0.462 e. The molecule has 0 saturated carbocycles. The Kier molecular flexibility index (Phi) is 9.74. The lowest BCUT2D eigenvalue weighted by Gasteiger charge is -2.15. The Morgan fingerprint density at radius 1 is 1.08 bits per heavy atom. The van der Waals surface area contributed by atoms with Gasteiger partial charge in [0.05, 0.1) is 34.6 Å². The van der Waals surface area contributed by atoms with Crippen molar-refractivity contribution in [2.75, 3.05) is 17.7 Å². The second kappa shape index (κ2) is 12.8. The largest absolute Gasteiger partial charge is 0.462 e. The minimum absolute atomic E-state index is 0.0961. The van der Waals surface area contributed by atoms with E-state index in [-0.39, 0.29) is 22.6 Å². The second-order valence-electron chi connectivity index (χ2n) is 7.54. The zero-order valence-electron chi connectivity index (χ0n) is 19.9. The highest BCUT2D eigenvalue weighted by atomic mass is 35.5. The first-order valence-electron chi connectivity index (χ1n) is 11.1. The number of thioether (sulfide) groups is 1. The van der Waals surface area contributed by atoms with Crippen molar-refractivity contribution in [3.63, 3.8) is 0 Å². The summed E-state index contributed by atoms with van der Waals surface area (Å²) in [5.74, 6) is -0.373. The normalized spacial score (nSPS) is 11.6. The van der Waals surface area contributed by atoms with Crippen molar-refractivity contribution in [1.82, 2.24) is 20.1 Å². The number of ether oxygens (including phenoxy) is 1. The van der Waals surface area contributed by atoms with E-state index in [0.29, 0.717) is 46.0 Å². The molecular weight excluding hydrogens is 525 g/mol. The Bertz CT molecular complexity index is 1250. The van der Waals surface area contributed by atoms with Gasteiger partial charge in [0.1, 0.15) is 0 Å². The lowest BCUT2D eigenvalue weighted by Crippen LogP contribution is -2.29.